The number of aromatic nitrogens is 2. The fourth-order valence-electron chi connectivity index (χ4n) is 1.83. The van der Waals surface area contributed by atoms with Crippen molar-refractivity contribution in [1.29, 1.82) is 0 Å². The Balaban J connectivity index is 1.75. The summed E-state index contributed by atoms with van der Waals surface area (Å²) in [5.41, 5.74) is 2.33. The lowest BCUT2D eigenvalue weighted by Gasteiger charge is -2.05. The first-order chi connectivity index (χ1) is 9.72. The molecule has 0 aliphatic carbocycles. The summed E-state index contributed by atoms with van der Waals surface area (Å²) in [5.74, 6) is -0.132. The van der Waals surface area contributed by atoms with Crippen molar-refractivity contribution in [2.24, 2.45) is 0 Å². The summed E-state index contributed by atoms with van der Waals surface area (Å²) >= 11 is 7.26. The van der Waals surface area contributed by atoms with Gasteiger partial charge in [-0.1, -0.05) is 11.6 Å². The summed E-state index contributed by atoms with van der Waals surface area (Å²) < 4.78 is 1.45. The normalized spacial score (nSPS) is 10.7. The molecule has 4 nitrogen and oxygen atoms in total. The zero-order chi connectivity index (χ0) is 13.9. The van der Waals surface area contributed by atoms with Crippen LogP contribution in [0.25, 0.3) is 10.2 Å². The van der Waals surface area contributed by atoms with Crippen LogP contribution in [0.1, 0.15) is 15.9 Å². The predicted octanol–water partition coefficient (Wildman–Crippen LogP) is 3.27. The maximum absolute atomic E-state index is 12.1. The Morgan fingerprint density at radius 3 is 2.85 bits per heavy atom. The van der Waals surface area contributed by atoms with Gasteiger partial charge in [0.1, 0.15) is 0 Å². The van der Waals surface area contributed by atoms with Crippen molar-refractivity contribution in [3.05, 3.63) is 58.3 Å². The summed E-state index contributed by atoms with van der Waals surface area (Å²) in [5, 5.41) is 2.86. The van der Waals surface area contributed by atoms with Crippen LogP contribution in [-0.2, 0) is 6.54 Å². The topological polar surface area (TPSA) is 54.9 Å². The number of carbonyl (C=O) groups excluding carboxylic acids is 1. The Bertz CT molecular complexity index is 757. The molecule has 1 aromatic carbocycles. The lowest BCUT2D eigenvalue weighted by atomic mass is 10.2. The first-order valence-electron chi connectivity index (χ1n) is 5.95. The highest BCUT2D eigenvalue weighted by atomic mass is 35.5. The van der Waals surface area contributed by atoms with E-state index in [1.165, 1.54) is 11.3 Å². The van der Waals surface area contributed by atoms with Gasteiger partial charge in [-0.15, -0.1) is 11.3 Å². The number of nitrogens with one attached hydrogen (secondary N) is 1. The van der Waals surface area contributed by atoms with Gasteiger partial charge in [0, 0.05) is 24.5 Å². The molecule has 0 aliphatic heterocycles. The molecule has 2 heterocycles. The second-order valence-electron chi connectivity index (χ2n) is 4.19. The molecule has 0 saturated heterocycles. The molecule has 0 spiro atoms. The van der Waals surface area contributed by atoms with Gasteiger partial charge < -0.3 is 5.32 Å². The summed E-state index contributed by atoms with van der Waals surface area (Å²) in [6.45, 7) is 0.469. The zero-order valence-corrected chi connectivity index (χ0v) is 11.9. The van der Waals surface area contributed by atoms with Gasteiger partial charge in [0.25, 0.3) is 5.91 Å². The standard InChI is InChI=1S/C14H10ClN3OS/c15-14-18-11-7-10(1-2-12(11)20-14)13(19)17-8-9-3-5-16-6-4-9/h1-7H,8H2,(H,17,19). The number of fused-ring (bicyclic) bond motifs is 1. The highest BCUT2D eigenvalue weighted by Gasteiger charge is 2.08. The van der Waals surface area contributed by atoms with E-state index in [0.717, 1.165) is 15.8 Å². The van der Waals surface area contributed by atoms with Crippen LogP contribution in [0, 0.1) is 0 Å². The molecule has 0 fully saturated rings. The summed E-state index contributed by atoms with van der Waals surface area (Å²) in [7, 11) is 0. The first kappa shape index (κ1) is 13.0. The van der Waals surface area contributed by atoms with Crippen molar-refractivity contribution in [3.8, 4) is 0 Å². The second-order valence-corrected chi connectivity index (χ2v) is 5.80. The maximum atomic E-state index is 12.1. The SMILES string of the molecule is O=C(NCc1ccncc1)c1ccc2sc(Cl)nc2c1. The Labute approximate surface area is 124 Å². The minimum Gasteiger partial charge on any atom is -0.348 e. The molecule has 100 valence electrons. The van der Waals surface area contributed by atoms with Crippen LogP contribution in [0.5, 0.6) is 0 Å². The third kappa shape index (κ3) is 2.79. The van der Waals surface area contributed by atoms with Crippen molar-refractivity contribution in [2.75, 3.05) is 0 Å². The molecular formula is C14H10ClN3OS. The number of hydrogen-bond donors (Lipinski definition) is 1. The Morgan fingerprint density at radius 2 is 2.05 bits per heavy atom. The van der Waals surface area contributed by atoms with E-state index in [1.807, 2.05) is 18.2 Å². The number of rotatable bonds is 3. The van der Waals surface area contributed by atoms with Crippen molar-refractivity contribution in [1.82, 2.24) is 15.3 Å². The minimum absolute atomic E-state index is 0.132. The molecule has 0 unspecified atom stereocenters. The second kappa shape index (κ2) is 5.56. The van der Waals surface area contributed by atoms with Gasteiger partial charge in [0.05, 0.1) is 10.2 Å². The van der Waals surface area contributed by atoms with E-state index in [2.05, 4.69) is 15.3 Å². The molecular weight excluding hydrogens is 294 g/mol. The van der Waals surface area contributed by atoms with Crippen LogP contribution >= 0.6 is 22.9 Å². The van der Waals surface area contributed by atoms with E-state index in [-0.39, 0.29) is 5.91 Å². The van der Waals surface area contributed by atoms with Gasteiger partial charge in [0.15, 0.2) is 4.47 Å². The summed E-state index contributed by atoms with van der Waals surface area (Å²) in [6.07, 6.45) is 3.40. The minimum atomic E-state index is -0.132. The van der Waals surface area contributed by atoms with E-state index < -0.39 is 0 Å². The van der Waals surface area contributed by atoms with Gasteiger partial charge in [-0.2, -0.15) is 0 Å². The molecule has 0 radical (unpaired) electrons. The van der Waals surface area contributed by atoms with Crippen LogP contribution < -0.4 is 5.32 Å². The van der Waals surface area contributed by atoms with Gasteiger partial charge in [-0.05, 0) is 35.9 Å². The smallest absolute Gasteiger partial charge is 0.251 e. The molecule has 6 heteroatoms. The lowest BCUT2D eigenvalue weighted by Crippen LogP contribution is -2.22. The largest absolute Gasteiger partial charge is 0.348 e. The number of benzene rings is 1. The van der Waals surface area contributed by atoms with Crippen LogP contribution in [0.15, 0.2) is 42.7 Å². The molecule has 0 aliphatic rings. The number of thiazole rings is 1. The Hall–Kier alpha value is -1.98. The van der Waals surface area contributed by atoms with E-state index >= 15 is 0 Å². The molecule has 0 saturated carbocycles. The molecule has 3 aromatic rings. The number of hydrogen-bond acceptors (Lipinski definition) is 4. The van der Waals surface area contributed by atoms with Crippen LogP contribution in [0.3, 0.4) is 0 Å². The molecule has 0 bridgehead atoms. The number of pyridine rings is 1. The maximum Gasteiger partial charge on any atom is 0.251 e. The molecule has 2 aromatic heterocycles. The van der Waals surface area contributed by atoms with Crippen LogP contribution in [0.4, 0.5) is 0 Å². The van der Waals surface area contributed by atoms with Gasteiger partial charge in [0.2, 0.25) is 0 Å². The quantitative estimate of drug-likeness (QED) is 0.808. The molecule has 1 amide bonds. The van der Waals surface area contributed by atoms with E-state index in [0.29, 0.717) is 16.6 Å². The molecule has 20 heavy (non-hydrogen) atoms. The van der Waals surface area contributed by atoms with Crippen molar-refractivity contribution in [2.45, 2.75) is 6.54 Å². The average molecular weight is 304 g/mol. The molecule has 3 rings (SSSR count). The van der Waals surface area contributed by atoms with Crippen LogP contribution in [0.2, 0.25) is 4.47 Å². The van der Waals surface area contributed by atoms with Crippen LogP contribution in [-0.4, -0.2) is 15.9 Å². The summed E-state index contributed by atoms with van der Waals surface area (Å²) in [4.78, 5) is 20.2. The number of nitrogens with zero attached hydrogens (tertiary/aromatic N) is 2. The summed E-state index contributed by atoms with van der Waals surface area (Å²) in [6, 6.07) is 9.12. The van der Waals surface area contributed by atoms with Crippen molar-refractivity contribution >= 4 is 39.1 Å². The number of amides is 1. The average Bonchev–Trinajstić information content (AvgIpc) is 2.85. The monoisotopic (exact) mass is 303 g/mol. The van der Waals surface area contributed by atoms with E-state index in [9.17, 15) is 4.79 Å². The Kier molecular flexibility index (Phi) is 3.62. The molecule has 0 atom stereocenters. The van der Waals surface area contributed by atoms with E-state index in [1.54, 1.807) is 24.5 Å². The van der Waals surface area contributed by atoms with E-state index in [4.69, 9.17) is 11.6 Å². The van der Waals surface area contributed by atoms with Crippen molar-refractivity contribution in [3.63, 3.8) is 0 Å². The van der Waals surface area contributed by atoms with Gasteiger partial charge in [-0.3, -0.25) is 9.78 Å². The van der Waals surface area contributed by atoms with Crippen molar-refractivity contribution < 1.29 is 4.79 Å². The third-order valence-corrected chi connectivity index (χ3v) is 3.97. The fourth-order valence-corrected chi connectivity index (χ4v) is 2.84. The predicted molar refractivity (Wildman–Crippen MR) is 80.0 cm³/mol. The highest BCUT2D eigenvalue weighted by molar-refractivity contribution is 7.22. The Morgan fingerprint density at radius 1 is 1.25 bits per heavy atom. The van der Waals surface area contributed by atoms with Gasteiger partial charge in [-0.25, -0.2) is 4.98 Å². The molecule has 1 N–H and O–H groups in total. The fraction of sp³-hybridized carbons (Fsp3) is 0.0714. The zero-order valence-electron chi connectivity index (χ0n) is 10.3. The third-order valence-electron chi connectivity index (χ3n) is 2.83. The lowest BCUT2D eigenvalue weighted by molar-refractivity contribution is 0.0951. The highest BCUT2D eigenvalue weighted by Crippen LogP contribution is 2.26. The number of carbonyl (C=O) groups is 1. The first-order valence-corrected chi connectivity index (χ1v) is 7.15. The number of halogens is 1. The van der Waals surface area contributed by atoms with Gasteiger partial charge >= 0.3 is 0 Å².